The zero-order valence-electron chi connectivity index (χ0n) is 16.4. The van der Waals surface area contributed by atoms with Gasteiger partial charge in [-0.15, -0.1) is 0 Å². The van der Waals surface area contributed by atoms with Crippen molar-refractivity contribution >= 4 is 26.5 Å². The fourth-order valence-corrected chi connectivity index (χ4v) is 13.3. The maximum atomic E-state index is 2.56. The van der Waals surface area contributed by atoms with Crippen LogP contribution >= 0.6 is 15.8 Å². The molecule has 2 saturated heterocycles. The van der Waals surface area contributed by atoms with Gasteiger partial charge in [0.2, 0.25) is 0 Å². The summed E-state index contributed by atoms with van der Waals surface area (Å²) in [5, 5.41) is 3.81. The molecule has 3 aliphatic heterocycles. The van der Waals surface area contributed by atoms with Gasteiger partial charge in [-0.1, -0.05) is 68.7 Å². The van der Waals surface area contributed by atoms with Gasteiger partial charge < -0.3 is 0 Å². The highest BCUT2D eigenvalue weighted by Crippen LogP contribution is 2.71. The minimum absolute atomic E-state index is 0.115. The fraction of sp³-hybridized carbons (Fsp3) is 0.727. The fourth-order valence-electron chi connectivity index (χ4n) is 5.32. The van der Waals surface area contributed by atoms with Gasteiger partial charge in [0, 0.05) is 5.66 Å². The van der Waals surface area contributed by atoms with Gasteiger partial charge in [-0.2, -0.15) is 0 Å². The van der Waals surface area contributed by atoms with Gasteiger partial charge in [0.15, 0.2) is 0 Å². The van der Waals surface area contributed by atoms with Gasteiger partial charge >= 0.3 is 0 Å². The average molecular weight is 362 g/mol. The predicted octanol–water partition coefficient (Wildman–Crippen LogP) is 6.91. The summed E-state index contributed by atoms with van der Waals surface area (Å²) in [4.78, 5) is 0. The van der Waals surface area contributed by atoms with Crippen molar-refractivity contribution in [1.29, 1.82) is 0 Å². The highest BCUT2D eigenvalue weighted by molar-refractivity contribution is 7.74. The largest absolute Gasteiger partial charge is 0.0683 e. The summed E-state index contributed by atoms with van der Waals surface area (Å²) >= 11 is 0. The average Bonchev–Trinajstić information content (AvgIpc) is 3.21. The van der Waals surface area contributed by atoms with Crippen LogP contribution in [0.2, 0.25) is 0 Å². The Morgan fingerprint density at radius 3 is 1.92 bits per heavy atom. The molecule has 4 rings (SSSR count). The van der Waals surface area contributed by atoms with Crippen molar-refractivity contribution in [3.05, 3.63) is 23.8 Å². The van der Waals surface area contributed by atoms with Crippen molar-refractivity contribution in [2.45, 2.75) is 102 Å². The van der Waals surface area contributed by atoms with Crippen LogP contribution in [-0.2, 0) is 0 Å². The van der Waals surface area contributed by atoms with Crippen LogP contribution in [0.15, 0.2) is 18.2 Å². The van der Waals surface area contributed by atoms with Gasteiger partial charge in [0.25, 0.3) is 0 Å². The van der Waals surface area contributed by atoms with Gasteiger partial charge in [0.05, 0.1) is 0 Å². The predicted molar refractivity (Wildman–Crippen MR) is 114 cm³/mol. The molecule has 0 saturated carbocycles. The highest BCUT2D eigenvalue weighted by Gasteiger charge is 2.49. The normalized spacial score (nSPS) is 34.1. The maximum absolute atomic E-state index is 2.56. The molecular weight excluding hydrogens is 326 g/mol. The summed E-state index contributed by atoms with van der Waals surface area (Å²) in [6.45, 7) is 11.3. The van der Waals surface area contributed by atoms with E-state index in [2.05, 4.69) is 39.0 Å². The summed E-state index contributed by atoms with van der Waals surface area (Å²) in [6, 6.07) is 7.44. The van der Waals surface area contributed by atoms with E-state index in [0.717, 1.165) is 22.6 Å². The molecule has 2 heteroatoms. The van der Waals surface area contributed by atoms with Gasteiger partial charge in [-0.05, 0) is 78.1 Å². The Morgan fingerprint density at radius 2 is 1.33 bits per heavy atom. The molecular formula is C22H36P2. The van der Waals surface area contributed by atoms with Crippen molar-refractivity contribution in [3.8, 4) is 0 Å². The lowest BCUT2D eigenvalue weighted by Gasteiger charge is -2.42. The van der Waals surface area contributed by atoms with E-state index >= 15 is 0 Å². The molecule has 0 spiro atoms. The molecule has 3 heterocycles. The second kappa shape index (κ2) is 8.18. The van der Waals surface area contributed by atoms with E-state index in [1.807, 2.05) is 24.5 Å². The quantitative estimate of drug-likeness (QED) is 0.511. The van der Waals surface area contributed by atoms with E-state index in [9.17, 15) is 0 Å². The summed E-state index contributed by atoms with van der Waals surface area (Å²) in [5.41, 5.74) is 5.86. The summed E-state index contributed by atoms with van der Waals surface area (Å²) in [6.07, 6.45) is 10.2. The maximum Gasteiger partial charge on any atom is 0.00915 e. The first kappa shape index (κ1) is 18.9. The van der Waals surface area contributed by atoms with Gasteiger partial charge in [-0.3, -0.25) is 0 Å². The first-order valence-electron chi connectivity index (χ1n) is 10.5. The van der Waals surface area contributed by atoms with Crippen LogP contribution in [0, 0.1) is 0 Å². The van der Waals surface area contributed by atoms with Crippen molar-refractivity contribution < 1.29 is 0 Å². The topological polar surface area (TPSA) is 0 Å². The number of hydrogen-bond donors (Lipinski definition) is 0. The smallest absolute Gasteiger partial charge is 0.00915 e. The van der Waals surface area contributed by atoms with Crippen LogP contribution in [0.25, 0.3) is 0 Å². The molecule has 3 aliphatic rings. The molecule has 1 aromatic carbocycles. The summed E-state index contributed by atoms with van der Waals surface area (Å²) in [5.74, 6) is 0. The molecule has 0 nitrogen and oxygen atoms in total. The lowest BCUT2D eigenvalue weighted by Crippen LogP contribution is -2.38. The van der Waals surface area contributed by atoms with Crippen molar-refractivity contribution in [2.24, 2.45) is 0 Å². The van der Waals surface area contributed by atoms with Crippen LogP contribution in [0.5, 0.6) is 0 Å². The van der Waals surface area contributed by atoms with Crippen molar-refractivity contribution in [3.63, 3.8) is 0 Å². The van der Waals surface area contributed by atoms with E-state index in [-0.39, 0.29) is 15.8 Å². The Hall–Kier alpha value is 0.0800. The van der Waals surface area contributed by atoms with E-state index < -0.39 is 0 Å². The molecule has 24 heavy (non-hydrogen) atoms. The molecule has 0 radical (unpaired) electrons. The molecule has 0 bridgehead atoms. The van der Waals surface area contributed by atoms with Gasteiger partial charge in [0.1, 0.15) is 0 Å². The Kier molecular flexibility index (Phi) is 6.43. The van der Waals surface area contributed by atoms with Crippen LogP contribution in [-0.4, -0.2) is 17.0 Å². The molecule has 0 aliphatic carbocycles. The highest BCUT2D eigenvalue weighted by atomic mass is 31.1. The van der Waals surface area contributed by atoms with Gasteiger partial charge in [-0.25, -0.2) is 0 Å². The Morgan fingerprint density at radius 1 is 0.792 bits per heavy atom. The van der Waals surface area contributed by atoms with E-state index in [0.29, 0.717) is 0 Å². The Balaban J connectivity index is 0.000000815. The first-order valence-corrected chi connectivity index (χ1v) is 13.5. The second-order valence-electron chi connectivity index (χ2n) is 7.39. The minimum atomic E-state index is 0.115. The Bertz CT molecular complexity index is 541. The molecule has 0 amide bonds. The standard InChI is InChI=1S/C20H30P2.C2H6/c1-4-14-10-11-15(5-2)21(14)19-9-7-8-17-18-13-12-16(6-3)22(18)20(17)19;1-2/h7-9,14-16,18H,4-6,10-13H2,1-3H3;1-2H3/t14-,15-,16-,18+,22?;/m0./s1. The number of benzene rings is 1. The third kappa shape index (κ3) is 2.91. The molecule has 1 unspecified atom stereocenters. The van der Waals surface area contributed by atoms with E-state index in [1.165, 1.54) is 44.9 Å². The molecule has 134 valence electrons. The minimum Gasteiger partial charge on any atom is -0.0683 e. The molecule has 0 aromatic heterocycles. The SMILES string of the molecule is CC.CC[C@H]1CC[C@H](CC)P1c1cccc2c1P1[C@@H](CC)CC[C@H]21. The third-order valence-electron chi connectivity index (χ3n) is 6.48. The number of hydrogen-bond acceptors (Lipinski definition) is 0. The molecule has 2 fully saturated rings. The van der Waals surface area contributed by atoms with E-state index in [4.69, 9.17) is 0 Å². The molecule has 1 aromatic rings. The van der Waals surface area contributed by atoms with Crippen molar-refractivity contribution in [1.82, 2.24) is 0 Å². The second-order valence-corrected chi connectivity index (χ2v) is 12.8. The summed E-state index contributed by atoms with van der Waals surface area (Å²) in [7, 11) is 0.322. The van der Waals surface area contributed by atoms with E-state index in [1.54, 1.807) is 5.56 Å². The summed E-state index contributed by atoms with van der Waals surface area (Å²) < 4.78 is 0. The monoisotopic (exact) mass is 362 g/mol. The lowest BCUT2D eigenvalue weighted by molar-refractivity contribution is 0.696. The third-order valence-corrected chi connectivity index (χ3v) is 14.0. The van der Waals surface area contributed by atoms with Crippen LogP contribution in [0.3, 0.4) is 0 Å². The first-order chi connectivity index (χ1) is 11.8. The molecule has 5 atom stereocenters. The molecule has 0 N–H and O–H groups in total. The lowest BCUT2D eigenvalue weighted by atomic mass is 10.1. The zero-order valence-corrected chi connectivity index (χ0v) is 18.2. The Labute approximate surface area is 152 Å². The zero-order chi connectivity index (χ0) is 17.3. The number of fused-ring (bicyclic) bond motifs is 4. The van der Waals surface area contributed by atoms with Crippen LogP contribution < -0.4 is 10.6 Å². The number of rotatable bonds is 4. The van der Waals surface area contributed by atoms with Crippen LogP contribution in [0.1, 0.15) is 90.8 Å². The van der Waals surface area contributed by atoms with Crippen molar-refractivity contribution in [2.75, 3.05) is 0 Å². The van der Waals surface area contributed by atoms with Crippen LogP contribution in [0.4, 0.5) is 0 Å².